The van der Waals surface area contributed by atoms with E-state index < -0.39 is 5.82 Å². The number of hydrogen-bond donors (Lipinski definition) is 1. The smallest absolute Gasteiger partial charge is 0.258 e. The van der Waals surface area contributed by atoms with Gasteiger partial charge in [0.1, 0.15) is 5.82 Å². The number of hydrogen-bond acceptors (Lipinski definition) is 3. The van der Waals surface area contributed by atoms with Crippen LogP contribution in [0, 0.1) is 5.82 Å². The van der Waals surface area contributed by atoms with E-state index in [0.717, 1.165) is 29.7 Å². The molecule has 0 fully saturated rings. The van der Waals surface area contributed by atoms with Crippen molar-refractivity contribution >= 4 is 23.2 Å². The molecule has 4 rings (SSSR count). The minimum Gasteiger partial charge on any atom is -0.380 e. The lowest BCUT2D eigenvalue weighted by molar-refractivity contribution is 0.0984. The molecule has 1 N–H and O–H groups in total. The lowest BCUT2D eigenvalue weighted by Gasteiger charge is -2.31. The first-order chi connectivity index (χ1) is 15.1. The van der Waals surface area contributed by atoms with E-state index in [-0.39, 0.29) is 11.8 Å². The fourth-order valence-electron chi connectivity index (χ4n) is 3.81. The topological polar surface area (TPSA) is 58.6 Å². The first-order valence-electron chi connectivity index (χ1n) is 10.2. The van der Waals surface area contributed by atoms with Gasteiger partial charge in [-0.2, -0.15) is 0 Å². The summed E-state index contributed by atoms with van der Waals surface area (Å²) in [4.78, 5) is 27.6. The molecule has 5 nitrogen and oxygen atoms in total. The lowest BCUT2D eigenvalue weighted by atomic mass is 9.98. The second-order valence-electron chi connectivity index (χ2n) is 7.45. The summed E-state index contributed by atoms with van der Waals surface area (Å²) in [6.07, 6.45) is 1.55. The molecule has 1 aliphatic heterocycles. The van der Waals surface area contributed by atoms with Crippen molar-refractivity contribution < 1.29 is 18.7 Å². The van der Waals surface area contributed by atoms with E-state index in [9.17, 15) is 14.0 Å². The Hall–Kier alpha value is -3.51. The Bertz CT molecular complexity index is 1090. The molecule has 6 heteroatoms. The lowest BCUT2D eigenvalue weighted by Crippen LogP contribution is -2.35. The number of halogens is 1. The second kappa shape index (κ2) is 9.10. The largest absolute Gasteiger partial charge is 0.380 e. The first-order valence-corrected chi connectivity index (χ1v) is 10.2. The number of amides is 2. The van der Waals surface area contributed by atoms with Crippen molar-refractivity contribution in [3.05, 3.63) is 94.8 Å². The number of nitrogens with one attached hydrogen (secondary N) is 1. The van der Waals surface area contributed by atoms with Gasteiger partial charge in [0.25, 0.3) is 11.8 Å². The quantitative estimate of drug-likeness (QED) is 0.646. The Morgan fingerprint density at radius 2 is 1.71 bits per heavy atom. The van der Waals surface area contributed by atoms with Crippen LogP contribution >= 0.6 is 0 Å². The first kappa shape index (κ1) is 20.8. The molecule has 2 amide bonds. The van der Waals surface area contributed by atoms with Crippen LogP contribution in [-0.4, -0.2) is 25.5 Å². The average molecular weight is 418 g/mol. The zero-order valence-electron chi connectivity index (χ0n) is 17.2. The Kier molecular flexibility index (Phi) is 6.09. The Balaban J connectivity index is 1.58. The normalized spacial score (nSPS) is 12.9. The fourth-order valence-corrected chi connectivity index (χ4v) is 3.81. The predicted molar refractivity (Wildman–Crippen MR) is 118 cm³/mol. The van der Waals surface area contributed by atoms with Crippen LogP contribution in [0.2, 0.25) is 0 Å². The van der Waals surface area contributed by atoms with Gasteiger partial charge in [0.05, 0.1) is 6.61 Å². The molecular formula is C25H23FN2O3. The molecule has 0 saturated carbocycles. The van der Waals surface area contributed by atoms with Crippen LogP contribution < -0.4 is 10.2 Å². The van der Waals surface area contributed by atoms with Gasteiger partial charge in [-0.25, -0.2) is 4.39 Å². The highest BCUT2D eigenvalue weighted by atomic mass is 19.1. The molecule has 0 aliphatic carbocycles. The molecule has 0 unspecified atom stereocenters. The van der Waals surface area contributed by atoms with Gasteiger partial charge in [0.15, 0.2) is 0 Å². The molecule has 0 aromatic heterocycles. The molecular weight excluding hydrogens is 395 g/mol. The molecule has 1 aliphatic rings. The SMILES string of the molecule is COCc1ccc(C(=O)N2CCCc3c(NC(=O)c4ccc(F)cc4)cccc32)cc1. The molecule has 0 radical (unpaired) electrons. The molecule has 158 valence electrons. The van der Waals surface area contributed by atoms with Gasteiger partial charge in [-0.1, -0.05) is 18.2 Å². The maximum Gasteiger partial charge on any atom is 0.258 e. The van der Waals surface area contributed by atoms with Crippen LogP contribution in [0.4, 0.5) is 15.8 Å². The van der Waals surface area contributed by atoms with Crippen molar-refractivity contribution in [3.8, 4) is 0 Å². The number of carbonyl (C=O) groups is 2. The third kappa shape index (κ3) is 4.49. The molecule has 3 aromatic carbocycles. The van der Waals surface area contributed by atoms with E-state index in [0.29, 0.717) is 30.0 Å². The monoisotopic (exact) mass is 418 g/mol. The summed E-state index contributed by atoms with van der Waals surface area (Å²) >= 11 is 0. The third-order valence-electron chi connectivity index (χ3n) is 5.36. The molecule has 0 spiro atoms. The highest BCUT2D eigenvalue weighted by Gasteiger charge is 2.25. The average Bonchev–Trinajstić information content (AvgIpc) is 2.79. The maximum absolute atomic E-state index is 13.2. The van der Waals surface area contributed by atoms with Gasteiger partial charge in [0.2, 0.25) is 0 Å². The van der Waals surface area contributed by atoms with E-state index in [1.807, 2.05) is 42.5 Å². The van der Waals surface area contributed by atoms with Gasteiger partial charge in [0, 0.05) is 36.2 Å². The Morgan fingerprint density at radius 1 is 1.00 bits per heavy atom. The Labute approximate surface area is 180 Å². The van der Waals surface area contributed by atoms with Crippen LogP contribution in [0.1, 0.15) is 38.3 Å². The molecule has 0 atom stereocenters. The summed E-state index contributed by atoms with van der Waals surface area (Å²) in [6.45, 7) is 1.11. The number of methoxy groups -OCH3 is 1. The zero-order valence-corrected chi connectivity index (χ0v) is 17.2. The number of benzene rings is 3. The maximum atomic E-state index is 13.2. The molecule has 0 saturated heterocycles. The van der Waals surface area contributed by atoms with Gasteiger partial charge in [-0.05, 0) is 72.5 Å². The van der Waals surface area contributed by atoms with Crippen molar-refractivity contribution in [1.29, 1.82) is 0 Å². The molecule has 31 heavy (non-hydrogen) atoms. The van der Waals surface area contributed by atoms with Crippen molar-refractivity contribution in [2.24, 2.45) is 0 Å². The van der Waals surface area contributed by atoms with E-state index >= 15 is 0 Å². The molecule has 1 heterocycles. The van der Waals surface area contributed by atoms with Gasteiger partial charge >= 0.3 is 0 Å². The second-order valence-corrected chi connectivity index (χ2v) is 7.45. The van der Waals surface area contributed by atoms with Crippen LogP contribution in [0.15, 0.2) is 66.7 Å². The molecule has 3 aromatic rings. The summed E-state index contributed by atoms with van der Waals surface area (Å²) in [6, 6.07) is 18.4. The van der Waals surface area contributed by atoms with Crippen molar-refractivity contribution in [2.45, 2.75) is 19.4 Å². The van der Waals surface area contributed by atoms with Crippen LogP contribution in [-0.2, 0) is 17.8 Å². The number of carbonyl (C=O) groups excluding carboxylic acids is 2. The van der Waals surface area contributed by atoms with E-state index in [2.05, 4.69) is 5.32 Å². The summed E-state index contributed by atoms with van der Waals surface area (Å²) in [5.41, 5.74) is 4.37. The number of nitrogens with zero attached hydrogens (tertiary/aromatic N) is 1. The predicted octanol–water partition coefficient (Wildman–Crippen LogP) is 4.82. The van der Waals surface area contributed by atoms with Gasteiger partial charge in [-0.15, -0.1) is 0 Å². The van der Waals surface area contributed by atoms with Crippen molar-refractivity contribution in [3.63, 3.8) is 0 Å². The summed E-state index contributed by atoms with van der Waals surface area (Å²) in [5, 5.41) is 2.91. The van der Waals surface area contributed by atoms with Gasteiger partial charge in [-0.3, -0.25) is 9.59 Å². The minimum atomic E-state index is -0.391. The number of fused-ring (bicyclic) bond motifs is 1. The van der Waals surface area contributed by atoms with E-state index in [1.165, 1.54) is 24.3 Å². The van der Waals surface area contributed by atoms with Crippen molar-refractivity contribution in [1.82, 2.24) is 0 Å². The van der Waals surface area contributed by atoms with Crippen LogP contribution in [0.25, 0.3) is 0 Å². The van der Waals surface area contributed by atoms with E-state index in [4.69, 9.17) is 4.74 Å². The summed E-state index contributed by atoms with van der Waals surface area (Å²) in [7, 11) is 1.64. The summed E-state index contributed by atoms with van der Waals surface area (Å²) in [5.74, 6) is -0.782. The zero-order chi connectivity index (χ0) is 21.8. The number of anilines is 2. The van der Waals surface area contributed by atoms with E-state index in [1.54, 1.807) is 12.0 Å². The standard InChI is InChI=1S/C25H23FN2O3/c1-31-16-17-7-9-19(10-8-17)25(30)28-15-3-4-21-22(5-2-6-23(21)28)27-24(29)18-11-13-20(26)14-12-18/h2,5-14H,3-4,15-16H2,1H3,(H,27,29). The number of ether oxygens (including phenoxy) is 1. The van der Waals surface area contributed by atoms with Crippen molar-refractivity contribution in [2.75, 3.05) is 23.9 Å². The minimum absolute atomic E-state index is 0.0769. The highest BCUT2D eigenvalue weighted by molar-refractivity contribution is 6.08. The highest BCUT2D eigenvalue weighted by Crippen LogP contribution is 2.34. The van der Waals surface area contributed by atoms with Gasteiger partial charge < -0.3 is 15.0 Å². The van der Waals surface area contributed by atoms with Crippen LogP contribution in [0.3, 0.4) is 0 Å². The van der Waals surface area contributed by atoms with Crippen LogP contribution in [0.5, 0.6) is 0 Å². The third-order valence-corrected chi connectivity index (χ3v) is 5.36. The summed E-state index contributed by atoms with van der Waals surface area (Å²) < 4.78 is 18.3. The number of rotatable bonds is 5. The Morgan fingerprint density at radius 3 is 2.42 bits per heavy atom. The fraction of sp³-hybridized carbons (Fsp3) is 0.200. The molecule has 0 bridgehead atoms.